The first-order valence-corrected chi connectivity index (χ1v) is 24.9. The molecule has 29 nitrogen and oxygen atoms in total. The van der Waals surface area contributed by atoms with Crippen LogP contribution in [0, 0.1) is 0 Å². The molecule has 0 aromatic heterocycles. The van der Waals surface area contributed by atoms with E-state index in [0.717, 1.165) is 37.3 Å². The van der Waals surface area contributed by atoms with Crippen LogP contribution in [0.3, 0.4) is 0 Å². The number of esters is 4. The van der Waals surface area contributed by atoms with Crippen molar-refractivity contribution < 1.29 is 142 Å². The van der Waals surface area contributed by atoms with Crippen molar-refractivity contribution in [3.05, 3.63) is 95.6 Å². The van der Waals surface area contributed by atoms with Crippen molar-refractivity contribution in [1.82, 2.24) is 0 Å². The minimum atomic E-state index is -2.93. The van der Waals surface area contributed by atoms with Crippen LogP contribution in [0.5, 0.6) is 23.0 Å². The molecule has 444 valence electrons. The van der Waals surface area contributed by atoms with Gasteiger partial charge in [0.05, 0.1) is 32.5 Å². The summed E-state index contributed by atoms with van der Waals surface area (Å²) in [6.07, 6.45) is -33.8. The number of phenols is 3. The molecule has 4 aliphatic rings. The van der Waals surface area contributed by atoms with Gasteiger partial charge in [0.15, 0.2) is 54.1 Å². The van der Waals surface area contributed by atoms with E-state index in [1.807, 2.05) is 0 Å². The quantitative estimate of drug-likeness (QED) is 0.0212. The highest BCUT2D eigenvalue weighted by Gasteiger charge is 2.64. The minimum Gasteiger partial charge on any atom is -0.504 e. The first-order chi connectivity index (χ1) is 38.6. The Morgan fingerprint density at radius 2 is 1.14 bits per heavy atom. The Bertz CT molecular complexity index is 2670. The fourth-order valence-corrected chi connectivity index (χ4v) is 8.93. The van der Waals surface area contributed by atoms with E-state index >= 15 is 0 Å². The lowest BCUT2D eigenvalue weighted by atomic mass is 9.95. The molecule has 29 heteroatoms. The third kappa shape index (κ3) is 14.6. The molecule has 3 aromatic rings. The summed E-state index contributed by atoms with van der Waals surface area (Å²) in [5, 5.41) is 140. The third-order valence-electron chi connectivity index (χ3n) is 13.2. The van der Waals surface area contributed by atoms with Crippen molar-refractivity contribution in [2.45, 2.75) is 123 Å². The van der Waals surface area contributed by atoms with Crippen LogP contribution >= 0.6 is 0 Å². The summed E-state index contributed by atoms with van der Waals surface area (Å²) in [6.45, 7) is -4.29. The van der Waals surface area contributed by atoms with E-state index in [2.05, 4.69) is 0 Å². The predicted molar refractivity (Wildman–Crippen MR) is 263 cm³/mol. The Morgan fingerprint density at radius 1 is 0.568 bits per heavy atom. The Morgan fingerprint density at radius 3 is 1.74 bits per heavy atom. The van der Waals surface area contributed by atoms with Gasteiger partial charge in [-0.05, 0) is 59.7 Å². The first-order valence-electron chi connectivity index (χ1n) is 24.9. The van der Waals surface area contributed by atoms with E-state index in [4.69, 9.17) is 56.8 Å². The summed E-state index contributed by atoms with van der Waals surface area (Å²) >= 11 is 0. The molecule has 0 bridgehead atoms. The Hall–Kier alpha value is -6.46. The maximum atomic E-state index is 14.0. The smallest absolute Gasteiger partial charge is 0.338 e. The molecule has 0 radical (unpaired) electrons. The monoisotopic (exact) mass is 1150 g/mol. The van der Waals surface area contributed by atoms with Gasteiger partial charge in [0.1, 0.15) is 92.6 Å². The normalized spacial score (nSPS) is 34.2. The van der Waals surface area contributed by atoms with E-state index in [9.17, 15) is 85.6 Å². The number of ether oxygens (including phenoxy) is 12. The van der Waals surface area contributed by atoms with Crippen LogP contribution < -0.4 is 4.74 Å². The van der Waals surface area contributed by atoms with E-state index < -0.39 is 185 Å². The number of hydrogen-bond donors (Lipinski definition) is 13. The second kappa shape index (κ2) is 27.5. The zero-order chi connectivity index (χ0) is 58.9. The van der Waals surface area contributed by atoms with E-state index in [1.54, 1.807) is 6.07 Å². The standard InChI is InChI=1S/C52H62O29/c1-23(56)71-21-34-38(63)41(66)43(68)50(75-34)77-45-44(76-36(61)15-11-25-9-13-28(58)30(17-25)70-2)33(20-55)74-51(46(45)78-49-42(67)40(65)37(62)31(18-53)73-49)81-52(22-72-35(60)14-10-24-8-12-27(57)29(59)16-24)47(39(64)32(19-54)80-52)79-48(69)26-6-4-3-5-7-26/h3-17,31-34,37-47,49-51,53-55,57-59,62-68H,18-22H2,1-2H3/t31-,32+,33-,34+,37-,38+,39+,40+,41-,42-,43+,44-,45+,46-,47-,49+,50+,51+,52+/m0/s1. The van der Waals surface area contributed by atoms with E-state index in [0.29, 0.717) is 0 Å². The van der Waals surface area contributed by atoms with Crippen LogP contribution in [0.25, 0.3) is 12.2 Å². The van der Waals surface area contributed by atoms with Crippen LogP contribution in [-0.4, -0.2) is 247 Å². The molecule has 0 unspecified atom stereocenters. The Labute approximate surface area is 459 Å². The number of rotatable bonds is 21. The van der Waals surface area contributed by atoms with Gasteiger partial charge in [-0.15, -0.1) is 0 Å². The molecule has 0 amide bonds. The van der Waals surface area contributed by atoms with Gasteiger partial charge in [0, 0.05) is 19.1 Å². The number of benzene rings is 3. The molecule has 0 aliphatic carbocycles. The highest BCUT2D eigenvalue weighted by Crippen LogP contribution is 2.42. The molecule has 7 rings (SSSR count). The molecular weight excluding hydrogens is 1090 g/mol. The van der Waals surface area contributed by atoms with Crippen molar-refractivity contribution in [3.63, 3.8) is 0 Å². The molecule has 4 saturated heterocycles. The number of aromatic hydroxyl groups is 3. The lowest BCUT2D eigenvalue weighted by molar-refractivity contribution is -0.421. The van der Waals surface area contributed by atoms with E-state index in [1.165, 1.54) is 61.7 Å². The molecule has 0 saturated carbocycles. The summed E-state index contributed by atoms with van der Waals surface area (Å²) in [5.74, 6) is -8.74. The van der Waals surface area contributed by atoms with Gasteiger partial charge in [0.2, 0.25) is 5.79 Å². The van der Waals surface area contributed by atoms with Gasteiger partial charge >= 0.3 is 23.9 Å². The molecule has 81 heavy (non-hydrogen) atoms. The molecule has 19 atom stereocenters. The van der Waals surface area contributed by atoms with Gasteiger partial charge in [-0.25, -0.2) is 14.4 Å². The van der Waals surface area contributed by atoms with Gasteiger partial charge in [0.25, 0.3) is 0 Å². The van der Waals surface area contributed by atoms with Gasteiger partial charge < -0.3 is 123 Å². The maximum Gasteiger partial charge on any atom is 0.338 e. The van der Waals surface area contributed by atoms with Crippen LogP contribution in [0.2, 0.25) is 0 Å². The molecule has 4 aliphatic heterocycles. The Kier molecular flexibility index (Phi) is 21.1. The lowest BCUT2D eigenvalue weighted by Gasteiger charge is -2.50. The largest absolute Gasteiger partial charge is 0.504 e. The predicted octanol–water partition coefficient (Wildman–Crippen LogP) is -3.66. The number of phenolic OH excluding ortho intramolecular Hbond substituents is 3. The van der Waals surface area contributed by atoms with Crippen molar-refractivity contribution in [1.29, 1.82) is 0 Å². The second-order valence-electron chi connectivity index (χ2n) is 18.7. The van der Waals surface area contributed by atoms with Crippen LogP contribution in [0.4, 0.5) is 0 Å². The SMILES string of the molecule is COc1cc(C=CC(=O)O[C@@H]2[C@@H](O[C@H]3O[C@H](COC(C)=O)[C@@H](O)[C@H](O)[C@H]3O)[C@H](O[C@H]3O[C@@H](CO)[C@H](O)[C@@H](O)[C@@H]3O)[C@@H](O[C@@]3(COC(=O)C=Cc4ccc(O)c(O)c4)O[C@H](CO)[C@@H](O)[C@@H]3OC(=O)c3ccccc3)O[C@H]2CO)ccc1O. The summed E-state index contributed by atoms with van der Waals surface area (Å²) in [6, 6.07) is 14.6. The highest BCUT2D eigenvalue weighted by atomic mass is 16.8. The fraction of sp³-hybridized carbons (Fsp3) is 0.500. The third-order valence-corrected chi connectivity index (χ3v) is 13.2. The molecule has 3 aromatic carbocycles. The van der Waals surface area contributed by atoms with Crippen molar-refractivity contribution in [2.24, 2.45) is 0 Å². The van der Waals surface area contributed by atoms with Crippen molar-refractivity contribution in [3.8, 4) is 23.0 Å². The highest BCUT2D eigenvalue weighted by molar-refractivity contribution is 5.90. The number of carbonyl (C=O) groups excluding carboxylic acids is 4. The summed E-state index contributed by atoms with van der Waals surface area (Å²) < 4.78 is 70.3. The van der Waals surface area contributed by atoms with Crippen LogP contribution in [0.1, 0.15) is 28.4 Å². The summed E-state index contributed by atoms with van der Waals surface area (Å²) in [5.41, 5.74) is 0.307. The zero-order valence-corrected chi connectivity index (χ0v) is 42.9. The molecule has 4 fully saturated rings. The zero-order valence-electron chi connectivity index (χ0n) is 42.9. The number of hydrogen-bond acceptors (Lipinski definition) is 29. The van der Waals surface area contributed by atoms with Gasteiger partial charge in [-0.2, -0.15) is 0 Å². The number of methoxy groups -OCH3 is 1. The van der Waals surface area contributed by atoms with E-state index in [-0.39, 0.29) is 28.2 Å². The number of aliphatic hydroxyl groups excluding tert-OH is 10. The van der Waals surface area contributed by atoms with Crippen molar-refractivity contribution >= 4 is 36.0 Å². The first kappa shape index (κ1) is 62.1. The molecular formula is C52H62O29. The number of aliphatic hydroxyl groups is 10. The van der Waals surface area contributed by atoms with Gasteiger partial charge in [-0.3, -0.25) is 4.79 Å². The lowest BCUT2D eigenvalue weighted by Crippen LogP contribution is -2.69. The summed E-state index contributed by atoms with van der Waals surface area (Å²) in [4.78, 5) is 53.3. The van der Waals surface area contributed by atoms with Gasteiger partial charge in [-0.1, -0.05) is 30.3 Å². The Balaban J connectivity index is 1.36. The average Bonchev–Trinajstić information content (AvgIpc) is 3.99. The molecule has 13 N–H and O–H groups in total. The minimum absolute atomic E-state index is 0.00459. The van der Waals surface area contributed by atoms with Crippen LogP contribution in [0.15, 0.2) is 78.9 Å². The molecule has 4 heterocycles. The molecule has 0 spiro atoms. The van der Waals surface area contributed by atoms with Crippen molar-refractivity contribution in [2.75, 3.05) is 40.1 Å². The average molecular weight is 1150 g/mol. The second-order valence-corrected chi connectivity index (χ2v) is 18.7. The van der Waals surface area contributed by atoms with Crippen LogP contribution in [-0.2, 0) is 66.5 Å². The fourth-order valence-electron chi connectivity index (χ4n) is 8.93. The number of carbonyl (C=O) groups is 4. The topological polar surface area (TPSA) is 442 Å². The summed E-state index contributed by atoms with van der Waals surface area (Å²) in [7, 11) is 1.27. The maximum absolute atomic E-state index is 14.0.